The number of nitrogens with one attached hydrogen (secondary N) is 2. The SMILES string of the molecule is CCOC(=O)c1cc(NC(=O)N[C@H]2CC[C@@H](Oc3ccc4nnc(C(C)(C)OC)n4c3)c3ccccc32)cc(C(C)(C)C)n1. The zero-order valence-electron chi connectivity index (χ0n) is 26.3. The normalized spacial score (nSPS) is 16.7. The van der Waals surface area contributed by atoms with Gasteiger partial charge in [0.1, 0.15) is 17.5 Å². The fourth-order valence-electron chi connectivity index (χ4n) is 5.25. The molecule has 2 N–H and O–H groups in total. The monoisotopic (exact) mass is 600 g/mol. The van der Waals surface area contributed by atoms with E-state index in [9.17, 15) is 9.59 Å². The molecule has 1 aliphatic carbocycles. The smallest absolute Gasteiger partial charge is 0.356 e. The Labute approximate surface area is 257 Å². The van der Waals surface area contributed by atoms with E-state index in [1.54, 1.807) is 20.1 Å². The van der Waals surface area contributed by atoms with Crippen LogP contribution in [-0.4, -0.2) is 45.3 Å². The van der Waals surface area contributed by atoms with E-state index in [1.807, 2.05) is 81.6 Å². The Hall–Kier alpha value is -4.51. The van der Waals surface area contributed by atoms with Gasteiger partial charge in [-0.15, -0.1) is 10.2 Å². The first kappa shape index (κ1) is 30.9. The second-order valence-corrected chi connectivity index (χ2v) is 12.4. The summed E-state index contributed by atoms with van der Waals surface area (Å²) in [7, 11) is 1.64. The number of benzene rings is 1. The first-order chi connectivity index (χ1) is 20.9. The molecule has 1 aliphatic rings. The van der Waals surface area contributed by atoms with E-state index in [2.05, 4.69) is 25.8 Å². The molecule has 232 valence electrons. The van der Waals surface area contributed by atoms with Gasteiger partial charge in [0, 0.05) is 23.9 Å². The van der Waals surface area contributed by atoms with Gasteiger partial charge in [-0.1, -0.05) is 45.0 Å². The number of ether oxygens (including phenoxy) is 3. The summed E-state index contributed by atoms with van der Waals surface area (Å²) in [6.07, 6.45) is 3.04. The summed E-state index contributed by atoms with van der Waals surface area (Å²) in [5.41, 5.74) is 3.03. The summed E-state index contributed by atoms with van der Waals surface area (Å²) in [5.74, 6) is 0.827. The Balaban J connectivity index is 1.33. The van der Waals surface area contributed by atoms with Crippen LogP contribution in [0.4, 0.5) is 10.5 Å². The van der Waals surface area contributed by atoms with Crippen molar-refractivity contribution >= 4 is 23.3 Å². The summed E-state index contributed by atoms with van der Waals surface area (Å²) < 4.78 is 19.2. The molecule has 0 unspecified atom stereocenters. The van der Waals surface area contributed by atoms with Crippen molar-refractivity contribution in [2.24, 2.45) is 0 Å². The van der Waals surface area contributed by atoms with Gasteiger partial charge in [-0.3, -0.25) is 4.40 Å². The van der Waals surface area contributed by atoms with E-state index in [1.165, 1.54) is 6.07 Å². The topological polar surface area (TPSA) is 129 Å². The van der Waals surface area contributed by atoms with Gasteiger partial charge in [0.2, 0.25) is 0 Å². The van der Waals surface area contributed by atoms with Gasteiger partial charge < -0.3 is 24.8 Å². The highest BCUT2D eigenvalue weighted by Crippen LogP contribution is 2.39. The first-order valence-electron chi connectivity index (χ1n) is 14.8. The highest BCUT2D eigenvalue weighted by Gasteiger charge is 2.31. The minimum atomic E-state index is -0.625. The van der Waals surface area contributed by atoms with Gasteiger partial charge in [0.25, 0.3) is 0 Å². The lowest BCUT2D eigenvalue weighted by Crippen LogP contribution is -2.35. The predicted octanol–water partition coefficient (Wildman–Crippen LogP) is 6.26. The number of pyridine rings is 2. The lowest BCUT2D eigenvalue weighted by Gasteiger charge is -2.32. The number of fused-ring (bicyclic) bond motifs is 2. The average Bonchev–Trinajstić information content (AvgIpc) is 3.42. The van der Waals surface area contributed by atoms with Crippen molar-refractivity contribution < 1.29 is 23.8 Å². The minimum absolute atomic E-state index is 0.153. The third-order valence-corrected chi connectivity index (χ3v) is 7.78. The van der Waals surface area contributed by atoms with E-state index in [0.29, 0.717) is 41.4 Å². The van der Waals surface area contributed by atoms with Crippen molar-refractivity contribution in [1.82, 2.24) is 24.9 Å². The number of carbonyl (C=O) groups excluding carboxylic acids is 2. The van der Waals surface area contributed by atoms with Crippen molar-refractivity contribution in [2.75, 3.05) is 19.0 Å². The van der Waals surface area contributed by atoms with E-state index >= 15 is 0 Å². The molecule has 0 spiro atoms. The molecule has 0 fully saturated rings. The largest absolute Gasteiger partial charge is 0.484 e. The Morgan fingerprint density at radius 1 is 1.00 bits per heavy atom. The van der Waals surface area contributed by atoms with Crippen molar-refractivity contribution in [3.05, 3.63) is 83.1 Å². The molecule has 11 nitrogen and oxygen atoms in total. The summed E-state index contributed by atoms with van der Waals surface area (Å²) in [6, 6.07) is 14.5. The minimum Gasteiger partial charge on any atom is -0.484 e. The second-order valence-electron chi connectivity index (χ2n) is 12.4. The molecule has 0 saturated heterocycles. The van der Waals surface area contributed by atoms with E-state index in [-0.39, 0.29) is 35.9 Å². The number of amides is 2. The van der Waals surface area contributed by atoms with Crippen molar-refractivity contribution in [1.29, 1.82) is 0 Å². The number of rotatable bonds is 8. The maximum absolute atomic E-state index is 13.3. The molecule has 0 saturated carbocycles. The third kappa shape index (κ3) is 6.52. The molecule has 0 aliphatic heterocycles. The molecule has 44 heavy (non-hydrogen) atoms. The first-order valence-corrected chi connectivity index (χ1v) is 14.8. The van der Waals surface area contributed by atoms with Crippen LogP contribution in [0.2, 0.25) is 0 Å². The number of nitrogens with zero attached hydrogens (tertiary/aromatic N) is 4. The van der Waals surface area contributed by atoms with Crippen molar-refractivity contribution in [2.45, 2.75) is 77.5 Å². The van der Waals surface area contributed by atoms with Crippen LogP contribution in [0.15, 0.2) is 54.7 Å². The molecule has 3 aromatic heterocycles. The Morgan fingerprint density at radius 2 is 1.75 bits per heavy atom. The number of esters is 1. The third-order valence-electron chi connectivity index (χ3n) is 7.78. The highest BCUT2D eigenvalue weighted by molar-refractivity contribution is 5.93. The van der Waals surface area contributed by atoms with Gasteiger partial charge in [0.15, 0.2) is 17.2 Å². The Bertz CT molecular complexity index is 1670. The van der Waals surface area contributed by atoms with Crippen LogP contribution in [0.5, 0.6) is 5.75 Å². The zero-order chi connectivity index (χ0) is 31.6. The summed E-state index contributed by atoms with van der Waals surface area (Å²) in [4.78, 5) is 30.2. The number of hydrogen-bond donors (Lipinski definition) is 2. The number of anilines is 1. The van der Waals surface area contributed by atoms with E-state index in [0.717, 1.165) is 11.1 Å². The number of methoxy groups -OCH3 is 1. The fourth-order valence-corrected chi connectivity index (χ4v) is 5.25. The van der Waals surface area contributed by atoms with Gasteiger partial charge >= 0.3 is 12.0 Å². The molecule has 1 aromatic carbocycles. The number of urea groups is 1. The number of hydrogen-bond acceptors (Lipinski definition) is 8. The van der Waals surface area contributed by atoms with Crippen molar-refractivity contribution in [3.8, 4) is 5.75 Å². The molecule has 0 bridgehead atoms. The summed E-state index contributed by atoms with van der Waals surface area (Å²) in [5, 5.41) is 14.6. The quantitative estimate of drug-likeness (QED) is 0.227. The van der Waals surface area contributed by atoms with Crippen LogP contribution in [0.1, 0.15) is 99.7 Å². The van der Waals surface area contributed by atoms with Crippen LogP contribution < -0.4 is 15.4 Å². The maximum Gasteiger partial charge on any atom is 0.356 e. The zero-order valence-corrected chi connectivity index (χ0v) is 26.3. The molecule has 3 heterocycles. The number of carbonyl (C=O) groups is 2. The Morgan fingerprint density at radius 3 is 2.45 bits per heavy atom. The molecule has 0 radical (unpaired) electrons. The molecule has 11 heteroatoms. The van der Waals surface area contributed by atoms with E-state index in [4.69, 9.17) is 14.2 Å². The second kappa shape index (κ2) is 12.2. The fraction of sp³-hybridized carbons (Fsp3) is 0.424. The van der Waals surface area contributed by atoms with Crippen LogP contribution in [0.25, 0.3) is 5.65 Å². The van der Waals surface area contributed by atoms with Crippen LogP contribution in [0.3, 0.4) is 0 Å². The molecular formula is C33H40N6O5. The van der Waals surface area contributed by atoms with E-state index < -0.39 is 11.6 Å². The molecule has 2 atom stereocenters. The van der Waals surface area contributed by atoms with Crippen molar-refractivity contribution in [3.63, 3.8) is 0 Å². The predicted molar refractivity (Wildman–Crippen MR) is 166 cm³/mol. The van der Waals surface area contributed by atoms with Crippen LogP contribution >= 0.6 is 0 Å². The Kier molecular flexibility index (Phi) is 8.60. The van der Waals surface area contributed by atoms with Gasteiger partial charge in [0.05, 0.1) is 18.8 Å². The van der Waals surface area contributed by atoms with Gasteiger partial charge in [-0.25, -0.2) is 14.6 Å². The summed E-state index contributed by atoms with van der Waals surface area (Å²) >= 11 is 0. The molecule has 2 amide bonds. The van der Waals surface area contributed by atoms with Gasteiger partial charge in [-0.2, -0.15) is 0 Å². The maximum atomic E-state index is 13.3. The lowest BCUT2D eigenvalue weighted by molar-refractivity contribution is 0.0106. The summed E-state index contributed by atoms with van der Waals surface area (Å²) in [6.45, 7) is 11.8. The van der Waals surface area contributed by atoms with Gasteiger partial charge in [-0.05, 0) is 69.0 Å². The average molecular weight is 601 g/mol. The molecule has 4 aromatic rings. The standard InChI is InChI=1S/C33H40N6O5/c1-8-43-29(40)25-17-20(18-27(35-25)32(2,3)4)34-31(41)36-24-14-15-26(23-12-10-9-11-22(23)24)44-21-13-16-28-37-38-30(39(28)19-21)33(5,6)42-7/h9-13,16-19,24,26H,8,14-15H2,1-7H3,(H2,34,35,36,41)/t24-,26+/m0/s1. The lowest BCUT2D eigenvalue weighted by atomic mass is 9.85. The highest BCUT2D eigenvalue weighted by atomic mass is 16.5. The molecule has 5 rings (SSSR count). The van der Waals surface area contributed by atoms with Crippen LogP contribution in [0, 0.1) is 0 Å². The molecular weight excluding hydrogens is 560 g/mol. The number of aromatic nitrogens is 4. The van der Waals surface area contributed by atoms with Crippen LogP contribution in [-0.2, 0) is 20.5 Å².